The highest BCUT2D eigenvalue weighted by molar-refractivity contribution is 7.09. The predicted octanol–water partition coefficient (Wildman–Crippen LogP) is 2.29. The minimum absolute atomic E-state index is 0.0290. The van der Waals surface area contributed by atoms with Gasteiger partial charge in [0, 0.05) is 18.5 Å². The van der Waals surface area contributed by atoms with Crippen LogP contribution in [0.3, 0.4) is 0 Å². The predicted molar refractivity (Wildman–Crippen MR) is 78.2 cm³/mol. The second kappa shape index (κ2) is 6.20. The summed E-state index contributed by atoms with van der Waals surface area (Å²) in [4.78, 5) is 18.1. The van der Waals surface area contributed by atoms with Crippen LogP contribution in [0.1, 0.15) is 44.0 Å². The molecule has 112 valence electrons. The molecule has 0 spiro atoms. The normalized spacial score (nSPS) is 21.1. The van der Waals surface area contributed by atoms with Crippen LogP contribution in [-0.4, -0.2) is 47.2 Å². The third kappa shape index (κ3) is 3.19. The summed E-state index contributed by atoms with van der Waals surface area (Å²) in [5, 5.41) is 12.0. The number of carboxylic acids is 1. The van der Waals surface area contributed by atoms with Gasteiger partial charge in [-0.15, -0.1) is 11.3 Å². The SMILES string of the molecule is CCCN1CCOC(c2nc(C(C)(C)C(=O)O)cs2)C1. The highest BCUT2D eigenvalue weighted by Gasteiger charge is 2.33. The van der Waals surface area contributed by atoms with Crippen molar-refractivity contribution in [3.63, 3.8) is 0 Å². The van der Waals surface area contributed by atoms with Crippen molar-refractivity contribution >= 4 is 17.3 Å². The van der Waals surface area contributed by atoms with Crippen LogP contribution in [0.25, 0.3) is 0 Å². The van der Waals surface area contributed by atoms with E-state index in [2.05, 4.69) is 16.8 Å². The van der Waals surface area contributed by atoms with E-state index in [1.54, 1.807) is 13.8 Å². The van der Waals surface area contributed by atoms with Gasteiger partial charge in [0.1, 0.15) is 16.5 Å². The van der Waals surface area contributed by atoms with Gasteiger partial charge in [0.2, 0.25) is 0 Å². The van der Waals surface area contributed by atoms with E-state index in [-0.39, 0.29) is 6.10 Å². The van der Waals surface area contributed by atoms with Crippen molar-refractivity contribution < 1.29 is 14.6 Å². The zero-order valence-electron chi connectivity index (χ0n) is 12.3. The van der Waals surface area contributed by atoms with Crippen LogP contribution >= 0.6 is 11.3 Å². The van der Waals surface area contributed by atoms with E-state index in [4.69, 9.17) is 4.74 Å². The zero-order chi connectivity index (χ0) is 14.8. The number of nitrogens with zero attached hydrogens (tertiary/aromatic N) is 2. The first-order valence-electron chi connectivity index (χ1n) is 6.98. The van der Waals surface area contributed by atoms with Crippen LogP contribution in [0.5, 0.6) is 0 Å². The van der Waals surface area contributed by atoms with Crippen LogP contribution < -0.4 is 0 Å². The first-order chi connectivity index (χ1) is 9.45. The Morgan fingerprint density at radius 2 is 2.40 bits per heavy atom. The Bertz CT molecular complexity index is 471. The number of carboxylic acid groups (broad SMARTS) is 1. The first-order valence-corrected chi connectivity index (χ1v) is 7.86. The molecule has 1 fully saturated rings. The Morgan fingerprint density at radius 1 is 1.65 bits per heavy atom. The molecule has 1 unspecified atom stereocenters. The van der Waals surface area contributed by atoms with Crippen LogP contribution in [0.4, 0.5) is 0 Å². The molecule has 0 bridgehead atoms. The van der Waals surface area contributed by atoms with E-state index in [9.17, 15) is 9.90 Å². The summed E-state index contributed by atoms with van der Waals surface area (Å²) in [6.45, 7) is 9.11. The van der Waals surface area contributed by atoms with Crippen LogP contribution in [0.15, 0.2) is 5.38 Å². The molecule has 0 aliphatic carbocycles. The van der Waals surface area contributed by atoms with Crippen molar-refractivity contribution in [2.24, 2.45) is 0 Å². The molecule has 0 radical (unpaired) electrons. The maximum Gasteiger partial charge on any atom is 0.315 e. The fraction of sp³-hybridized carbons (Fsp3) is 0.714. The van der Waals surface area contributed by atoms with Gasteiger partial charge in [-0.2, -0.15) is 0 Å². The van der Waals surface area contributed by atoms with E-state index < -0.39 is 11.4 Å². The van der Waals surface area contributed by atoms with E-state index in [1.165, 1.54) is 11.3 Å². The quantitative estimate of drug-likeness (QED) is 0.903. The third-order valence-electron chi connectivity index (χ3n) is 3.66. The lowest BCUT2D eigenvalue weighted by Gasteiger charge is -2.31. The molecule has 1 aromatic heterocycles. The number of morpholine rings is 1. The largest absolute Gasteiger partial charge is 0.481 e. The maximum atomic E-state index is 11.3. The van der Waals surface area contributed by atoms with Gasteiger partial charge in [-0.25, -0.2) is 4.98 Å². The molecule has 1 aromatic rings. The summed E-state index contributed by atoms with van der Waals surface area (Å²) < 4.78 is 5.79. The summed E-state index contributed by atoms with van der Waals surface area (Å²) in [5.74, 6) is -0.855. The van der Waals surface area contributed by atoms with Gasteiger partial charge in [-0.3, -0.25) is 9.69 Å². The van der Waals surface area contributed by atoms with Crippen molar-refractivity contribution in [2.75, 3.05) is 26.2 Å². The Kier molecular flexibility index (Phi) is 4.78. The van der Waals surface area contributed by atoms with Gasteiger partial charge in [0.05, 0.1) is 12.3 Å². The van der Waals surface area contributed by atoms with Crippen molar-refractivity contribution in [1.29, 1.82) is 0 Å². The van der Waals surface area contributed by atoms with E-state index in [0.29, 0.717) is 12.3 Å². The third-order valence-corrected chi connectivity index (χ3v) is 4.60. The molecule has 0 saturated carbocycles. The fourth-order valence-electron chi connectivity index (χ4n) is 2.20. The lowest BCUT2D eigenvalue weighted by atomic mass is 9.90. The number of ether oxygens (including phenoxy) is 1. The molecular weight excluding hydrogens is 276 g/mol. The molecular formula is C14H22N2O3S. The molecule has 1 aliphatic heterocycles. The number of hydrogen-bond donors (Lipinski definition) is 1. The lowest BCUT2D eigenvalue weighted by molar-refractivity contribution is -0.142. The molecule has 1 atom stereocenters. The van der Waals surface area contributed by atoms with Gasteiger partial charge >= 0.3 is 5.97 Å². The minimum Gasteiger partial charge on any atom is -0.481 e. The van der Waals surface area contributed by atoms with E-state index in [1.807, 2.05) is 5.38 Å². The number of aliphatic carboxylic acids is 1. The molecule has 20 heavy (non-hydrogen) atoms. The summed E-state index contributed by atoms with van der Waals surface area (Å²) in [6, 6.07) is 0. The monoisotopic (exact) mass is 298 g/mol. The smallest absolute Gasteiger partial charge is 0.315 e. The van der Waals surface area contributed by atoms with Gasteiger partial charge in [0.15, 0.2) is 0 Å². The molecule has 0 aromatic carbocycles. The average molecular weight is 298 g/mol. The highest BCUT2D eigenvalue weighted by atomic mass is 32.1. The number of thiazole rings is 1. The van der Waals surface area contributed by atoms with Crippen molar-refractivity contribution in [2.45, 2.75) is 38.7 Å². The molecule has 6 heteroatoms. The second-order valence-corrected chi connectivity index (χ2v) is 6.55. The zero-order valence-corrected chi connectivity index (χ0v) is 13.1. The second-order valence-electron chi connectivity index (χ2n) is 5.66. The van der Waals surface area contributed by atoms with Crippen LogP contribution in [-0.2, 0) is 14.9 Å². The van der Waals surface area contributed by atoms with Crippen molar-refractivity contribution in [3.05, 3.63) is 16.1 Å². The molecule has 1 aliphatic rings. The fourth-order valence-corrected chi connectivity index (χ4v) is 3.23. The molecule has 5 nitrogen and oxygen atoms in total. The van der Waals surface area contributed by atoms with Gasteiger partial charge in [0.25, 0.3) is 0 Å². The topological polar surface area (TPSA) is 62.7 Å². The molecule has 2 rings (SSSR count). The summed E-state index contributed by atoms with van der Waals surface area (Å²) >= 11 is 1.49. The standard InChI is InChI=1S/C14H22N2O3S/c1-4-5-16-6-7-19-10(8-16)12-15-11(9-20-12)14(2,3)13(17)18/h9-10H,4-8H2,1-3H3,(H,17,18). The van der Waals surface area contributed by atoms with E-state index in [0.717, 1.165) is 31.1 Å². The minimum atomic E-state index is -0.952. The number of rotatable bonds is 5. The van der Waals surface area contributed by atoms with Crippen molar-refractivity contribution in [3.8, 4) is 0 Å². The van der Waals surface area contributed by atoms with Gasteiger partial charge in [-0.1, -0.05) is 6.92 Å². The molecule has 1 N–H and O–H groups in total. The van der Waals surface area contributed by atoms with Crippen molar-refractivity contribution in [1.82, 2.24) is 9.88 Å². The van der Waals surface area contributed by atoms with Crippen LogP contribution in [0, 0.1) is 0 Å². The maximum absolute atomic E-state index is 11.3. The summed E-state index contributed by atoms with van der Waals surface area (Å²) in [6.07, 6.45) is 1.10. The lowest BCUT2D eigenvalue weighted by Crippen LogP contribution is -2.38. The van der Waals surface area contributed by atoms with Gasteiger partial charge in [-0.05, 0) is 26.8 Å². The molecule has 0 amide bonds. The molecule has 1 saturated heterocycles. The number of hydrogen-bond acceptors (Lipinski definition) is 5. The first kappa shape index (κ1) is 15.4. The Morgan fingerprint density at radius 3 is 3.05 bits per heavy atom. The molecule has 2 heterocycles. The number of aromatic nitrogens is 1. The summed E-state index contributed by atoms with van der Waals surface area (Å²) in [5.41, 5.74) is -0.340. The summed E-state index contributed by atoms with van der Waals surface area (Å²) in [7, 11) is 0. The Labute approximate surface area is 123 Å². The number of carbonyl (C=O) groups is 1. The highest BCUT2D eigenvalue weighted by Crippen LogP contribution is 2.30. The van der Waals surface area contributed by atoms with E-state index >= 15 is 0 Å². The van der Waals surface area contributed by atoms with Crippen LogP contribution in [0.2, 0.25) is 0 Å². The Hall–Kier alpha value is -0.980. The van der Waals surface area contributed by atoms with Gasteiger partial charge < -0.3 is 9.84 Å². The Balaban J connectivity index is 2.10. The average Bonchev–Trinajstić information content (AvgIpc) is 2.89.